The largest absolute Gasteiger partial charge is 0.314 e. The summed E-state index contributed by atoms with van der Waals surface area (Å²) in [5, 5.41) is 3.68. The maximum Gasteiger partial charge on any atom is 0.0207 e. The first kappa shape index (κ1) is 14.1. The third-order valence-electron chi connectivity index (χ3n) is 4.09. The lowest BCUT2D eigenvalue weighted by molar-refractivity contribution is 0.321. The molecule has 1 N–H and O–H groups in total. The van der Waals surface area contributed by atoms with Gasteiger partial charge in [0, 0.05) is 10.5 Å². The summed E-state index contributed by atoms with van der Waals surface area (Å²) < 4.78 is 1.26. The molecule has 0 heterocycles. The van der Waals surface area contributed by atoms with Crippen LogP contribution in [0.2, 0.25) is 0 Å². The topological polar surface area (TPSA) is 12.0 Å². The van der Waals surface area contributed by atoms with Gasteiger partial charge in [0.15, 0.2) is 0 Å². The van der Waals surface area contributed by atoms with Gasteiger partial charge in [-0.25, -0.2) is 0 Å². The highest BCUT2D eigenvalue weighted by Crippen LogP contribution is 2.41. The van der Waals surface area contributed by atoms with Gasteiger partial charge in [-0.05, 0) is 55.7 Å². The Balaban J connectivity index is 1.95. The normalized spacial score (nSPS) is 27.6. The van der Waals surface area contributed by atoms with E-state index in [2.05, 4.69) is 59.4 Å². The van der Waals surface area contributed by atoms with E-state index in [9.17, 15) is 0 Å². The number of nitrogens with one attached hydrogen (secondary N) is 1. The zero-order chi connectivity index (χ0) is 13.0. The van der Waals surface area contributed by atoms with Gasteiger partial charge in [0.05, 0.1) is 0 Å². The van der Waals surface area contributed by atoms with Gasteiger partial charge < -0.3 is 5.32 Å². The van der Waals surface area contributed by atoms with Gasteiger partial charge in [-0.1, -0.05) is 48.0 Å². The minimum Gasteiger partial charge on any atom is -0.314 e. The van der Waals surface area contributed by atoms with Crippen LogP contribution in [-0.2, 0) is 6.42 Å². The molecule has 0 saturated heterocycles. The van der Waals surface area contributed by atoms with Crippen LogP contribution in [0, 0.1) is 5.41 Å². The van der Waals surface area contributed by atoms with Gasteiger partial charge >= 0.3 is 0 Å². The van der Waals surface area contributed by atoms with Crippen LogP contribution in [-0.4, -0.2) is 12.6 Å². The van der Waals surface area contributed by atoms with Crippen LogP contribution < -0.4 is 5.32 Å². The summed E-state index contributed by atoms with van der Waals surface area (Å²) >= 11 is 3.67. The molecule has 2 atom stereocenters. The van der Waals surface area contributed by atoms with E-state index in [0.717, 1.165) is 12.6 Å². The Labute approximate surface area is 119 Å². The van der Waals surface area contributed by atoms with E-state index >= 15 is 0 Å². The Morgan fingerprint density at radius 1 is 1.39 bits per heavy atom. The molecule has 1 fully saturated rings. The van der Waals surface area contributed by atoms with Crippen LogP contribution >= 0.6 is 15.9 Å². The van der Waals surface area contributed by atoms with Crippen LogP contribution in [0.3, 0.4) is 0 Å². The minimum absolute atomic E-state index is 0.468. The van der Waals surface area contributed by atoms with Crippen molar-refractivity contribution in [3.8, 4) is 0 Å². The molecule has 1 saturated carbocycles. The molecule has 0 aromatic heterocycles. The third kappa shape index (κ3) is 3.58. The van der Waals surface area contributed by atoms with Gasteiger partial charge in [0.1, 0.15) is 0 Å². The van der Waals surface area contributed by atoms with Crippen LogP contribution in [0.25, 0.3) is 0 Å². The van der Waals surface area contributed by atoms with Crippen LogP contribution in [0.15, 0.2) is 28.7 Å². The number of halogens is 1. The lowest BCUT2D eigenvalue weighted by Gasteiger charge is -2.25. The predicted octanol–water partition coefficient (Wildman–Crippen LogP) is 4.55. The fraction of sp³-hybridized carbons (Fsp3) is 0.625. The van der Waals surface area contributed by atoms with Gasteiger partial charge in [0.2, 0.25) is 0 Å². The molecular weight excluding hydrogens is 286 g/mol. The lowest BCUT2D eigenvalue weighted by atomic mass is 9.82. The first-order valence-corrected chi connectivity index (χ1v) is 7.89. The van der Waals surface area contributed by atoms with E-state index in [0.29, 0.717) is 5.41 Å². The molecule has 2 heteroatoms. The van der Waals surface area contributed by atoms with E-state index < -0.39 is 0 Å². The van der Waals surface area contributed by atoms with Gasteiger partial charge in [-0.15, -0.1) is 0 Å². The number of hydrogen-bond acceptors (Lipinski definition) is 1. The van der Waals surface area contributed by atoms with E-state index in [1.54, 1.807) is 0 Å². The molecule has 2 rings (SSSR count). The Bertz CT molecular complexity index is 390. The molecule has 1 aliphatic rings. The molecule has 2 unspecified atom stereocenters. The first-order valence-electron chi connectivity index (χ1n) is 7.10. The number of hydrogen-bond donors (Lipinski definition) is 1. The van der Waals surface area contributed by atoms with Crippen LogP contribution in [0.5, 0.6) is 0 Å². The highest BCUT2D eigenvalue weighted by molar-refractivity contribution is 9.10. The summed E-state index contributed by atoms with van der Waals surface area (Å²) in [7, 11) is 0. The van der Waals surface area contributed by atoms with Crippen molar-refractivity contribution in [2.75, 3.05) is 6.54 Å². The van der Waals surface area contributed by atoms with Gasteiger partial charge in [-0.2, -0.15) is 0 Å². The fourth-order valence-electron chi connectivity index (χ4n) is 3.11. The molecule has 1 aliphatic carbocycles. The highest BCUT2D eigenvalue weighted by Gasteiger charge is 2.34. The second kappa shape index (κ2) is 6.21. The summed E-state index contributed by atoms with van der Waals surface area (Å²) in [6.45, 7) is 5.85. The fourth-order valence-corrected chi connectivity index (χ4v) is 3.53. The summed E-state index contributed by atoms with van der Waals surface area (Å²) in [5.41, 5.74) is 1.92. The maximum atomic E-state index is 3.68. The molecule has 0 radical (unpaired) electrons. The summed E-state index contributed by atoms with van der Waals surface area (Å²) in [5.74, 6) is 0. The molecule has 0 amide bonds. The third-order valence-corrected chi connectivity index (χ3v) is 4.87. The van der Waals surface area contributed by atoms with E-state index in [1.807, 2.05) is 0 Å². The summed E-state index contributed by atoms with van der Waals surface area (Å²) in [4.78, 5) is 0. The number of rotatable bonds is 5. The Hall–Kier alpha value is -0.340. The molecule has 1 nitrogen and oxygen atoms in total. The quantitative estimate of drug-likeness (QED) is 0.841. The second-order valence-corrected chi connectivity index (χ2v) is 6.83. The summed E-state index contributed by atoms with van der Waals surface area (Å²) in [6, 6.07) is 9.38. The molecule has 1 aromatic rings. The van der Waals surface area contributed by atoms with Gasteiger partial charge in [-0.3, -0.25) is 0 Å². The van der Waals surface area contributed by atoms with Crippen molar-refractivity contribution in [3.05, 3.63) is 34.3 Å². The van der Waals surface area contributed by atoms with Crippen LogP contribution in [0.4, 0.5) is 0 Å². The van der Waals surface area contributed by atoms with Crippen molar-refractivity contribution in [3.63, 3.8) is 0 Å². The van der Waals surface area contributed by atoms with Gasteiger partial charge in [0.25, 0.3) is 0 Å². The summed E-state index contributed by atoms with van der Waals surface area (Å²) in [6.07, 6.45) is 6.42. The monoisotopic (exact) mass is 309 g/mol. The predicted molar refractivity (Wildman–Crippen MR) is 81.9 cm³/mol. The van der Waals surface area contributed by atoms with E-state index in [1.165, 1.54) is 42.1 Å². The number of benzene rings is 1. The van der Waals surface area contributed by atoms with Crippen molar-refractivity contribution in [2.24, 2.45) is 5.41 Å². The van der Waals surface area contributed by atoms with Crippen molar-refractivity contribution >= 4 is 15.9 Å². The van der Waals surface area contributed by atoms with E-state index in [-0.39, 0.29) is 0 Å². The van der Waals surface area contributed by atoms with Crippen LogP contribution in [0.1, 0.15) is 45.1 Å². The van der Waals surface area contributed by atoms with Crippen molar-refractivity contribution in [2.45, 2.75) is 52.0 Å². The zero-order valence-electron chi connectivity index (χ0n) is 11.5. The molecule has 100 valence electrons. The smallest absolute Gasteiger partial charge is 0.0207 e. The second-order valence-electron chi connectivity index (χ2n) is 5.97. The van der Waals surface area contributed by atoms with E-state index in [4.69, 9.17) is 0 Å². The molecule has 0 spiro atoms. The maximum absolute atomic E-state index is 3.68. The standard InChI is InChI=1S/C16H24BrN/c1-3-10-18-14-8-9-16(2,12-14)11-13-6-4-5-7-15(13)17/h4-7,14,18H,3,8-12H2,1-2H3. The van der Waals surface area contributed by atoms with Crippen molar-refractivity contribution in [1.29, 1.82) is 0 Å². The first-order chi connectivity index (χ1) is 8.63. The SMILES string of the molecule is CCCNC1CCC(C)(Cc2ccccc2Br)C1. The molecule has 18 heavy (non-hydrogen) atoms. The minimum atomic E-state index is 0.468. The van der Waals surface area contributed by atoms with Crippen molar-refractivity contribution < 1.29 is 0 Å². The Kier molecular flexibility index (Phi) is 4.85. The highest BCUT2D eigenvalue weighted by atomic mass is 79.9. The molecule has 1 aromatic carbocycles. The molecular formula is C16H24BrN. The average molecular weight is 310 g/mol. The average Bonchev–Trinajstić information content (AvgIpc) is 2.72. The molecule has 0 bridgehead atoms. The molecule has 0 aliphatic heterocycles. The van der Waals surface area contributed by atoms with Crippen molar-refractivity contribution in [1.82, 2.24) is 5.32 Å². The Morgan fingerprint density at radius 3 is 2.89 bits per heavy atom. The Morgan fingerprint density at radius 2 is 2.17 bits per heavy atom. The lowest BCUT2D eigenvalue weighted by Crippen LogP contribution is -2.29. The zero-order valence-corrected chi connectivity index (χ0v) is 13.1.